The van der Waals surface area contributed by atoms with Gasteiger partial charge < -0.3 is 100 Å². The first-order valence-electron chi connectivity index (χ1n) is 15.8. The molecule has 3 rings (SSSR count). The largest absolute Gasteiger partial charge is 0.394 e. The second-order valence-electron chi connectivity index (χ2n) is 12.4. The molecule has 0 spiro atoms. The van der Waals surface area contributed by atoms with E-state index in [0.29, 0.717) is 0 Å². The van der Waals surface area contributed by atoms with Gasteiger partial charge in [-0.15, -0.1) is 0 Å². The molecular weight excluding hydrogens is 684 g/mol. The molecule has 22 nitrogen and oxygen atoms in total. The highest BCUT2D eigenvalue weighted by atomic mass is 16.8. The number of ether oxygens (including phenoxy) is 6. The lowest BCUT2D eigenvalue weighted by atomic mass is 9.96. The summed E-state index contributed by atoms with van der Waals surface area (Å²) in [7, 11) is 0. The van der Waals surface area contributed by atoms with Crippen LogP contribution in [0.1, 0.15) is 20.8 Å². The van der Waals surface area contributed by atoms with Crippen molar-refractivity contribution in [2.45, 2.75) is 137 Å². The van der Waals surface area contributed by atoms with E-state index in [-0.39, 0.29) is 0 Å². The summed E-state index contributed by atoms with van der Waals surface area (Å²) in [4.78, 5) is 23.7. The van der Waals surface area contributed by atoms with E-state index in [0.717, 1.165) is 13.8 Å². The maximum Gasteiger partial charge on any atom is 0.217 e. The summed E-state index contributed by atoms with van der Waals surface area (Å²) in [5.41, 5.74) is 0. The maximum atomic E-state index is 12.0. The third-order valence-corrected chi connectivity index (χ3v) is 8.61. The standard InChI is InChI=1S/C28H50N2O20/c1-8-16(37)21(42)23(44)27(46-8)50-25-22(43)19(40)14(6-33)48-28(25)49-24(11(4-31)29-9(2)34)17(38)12(36)7-45-26-15(30-10(3)35)20(41)18(39)13(5-32)47-26/h8,11-28,31-33,36-44H,4-7H2,1-3H3,(H,29,34)(H,30,35)/t8-,11+,12-,13-,14-,15-,16+,17+,18-,19+,20-,21+,22+,23-,24-,25-,26-,27-,28+/m1/s1. The van der Waals surface area contributed by atoms with Crippen molar-refractivity contribution >= 4 is 11.8 Å². The zero-order chi connectivity index (χ0) is 37.6. The number of rotatable bonds is 15. The fourth-order valence-electron chi connectivity index (χ4n) is 5.78. The number of carbonyl (C=O) groups excluding carboxylic acids is 2. The van der Waals surface area contributed by atoms with E-state index in [1.165, 1.54) is 6.92 Å². The van der Waals surface area contributed by atoms with Gasteiger partial charge in [-0.2, -0.15) is 0 Å². The van der Waals surface area contributed by atoms with Gasteiger partial charge in [-0.05, 0) is 6.92 Å². The van der Waals surface area contributed by atoms with Crippen LogP contribution in [0.25, 0.3) is 0 Å². The van der Waals surface area contributed by atoms with Crippen molar-refractivity contribution < 1.29 is 99.3 Å². The minimum Gasteiger partial charge on any atom is -0.394 e. The Bertz CT molecular complexity index is 1080. The van der Waals surface area contributed by atoms with Gasteiger partial charge in [0.05, 0.1) is 38.6 Å². The number of aliphatic hydroxyl groups excluding tert-OH is 12. The molecule has 0 aromatic heterocycles. The Morgan fingerprint density at radius 2 is 1.30 bits per heavy atom. The van der Waals surface area contributed by atoms with Crippen molar-refractivity contribution in [2.75, 3.05) is 26.4 Å². The minimum atomic E-state index is -2.14. The number of hydrogen-bond donors (Lipinski definition) is 14. The Labute approximate surface area is 285 Å². The molecule has 3 aliphatic heterocycles. The van der Waals surface area contributed by atoms with E-state index in [9.17, 15) is 70.9 Å². The van der Waals surface area contributed by atoms with Crippen LogP contribution in [0.5, 0.6) is 0 Å². The Hall–Kier alpha value is -1.78. The lowest BCUT2D eigenvalue weighted by Gasteiger charge is -2.47. The van der Waals surface area contributed by atoms with Gasteiger partial charge in [0.2, 0.25) is 11.8 Å². The molecule has 0 aliphatic carbocycles. The molecule has 0 unspecified atom stereocenters. The number of amides is 2. The number of hydrogen-bond acceptors (Lipinski definition) is 20. The molecule has 3 aliphatic rings. The molecule has 0 aromatic rings. The Morgan fingerprint density at radius 3 is 1.84 bits per heavy atom. The van der Waals surface area contributed by atoms with Crippen molar-refractivity contribution in [3.8, 4) is 0 Å². The zero-order valence-electron chi connectivity index (χ0n) is 27.4. The molecule has 0 saturated carbocycles. The van der Waals surface area contributed by atoms with Gasteiger partial charge in [0.1, 0.15) is 85.4 Å². The predicted octanol–water partition coefficient (Wildman–Crippen LogP) is -8.80. The average molecular weight is 735 g/mol. The summed E-state index contributed by atoms with van der Waals surface area (Å²) in [5.74, 6) is -1.41. The van der Waals surface area contributed by atoms with E-state index in [2.05, 4.69) is 10.6 Å². The summed E-state index contributed by atoms with van der Waals surface area (Å²) in [6.07, 6.45) is -29.6. The van der Waals surface area contributed by atoms with Gasteiger partial charge in [0.15, 0.2) is 18.9 Å². The smallest absolute Gasteiger partial charge is 0.217 e. The maximum absolute atomic E-state index is 12.0. The van der Waals surface area contributed by atoms with Crippen LogP contribution in [0.3, 0.4) is 0 Å². The Kier molecular flexibility index (Phi) is 16.0. The average Bonchev–Trinajstić information content (AvgIpc) is 3.07. The van der Waals surface area contributed by atoms with E-state index < -0.39 is 155 Å². The summed E-state index contributed by atoms with van der Waals surface area (Å²) in [6.45, 7) is 0.0230. The fourth-order valence-corrected chi connectivity index (χ4v) is 5.78. The van der Waals surface area contributed by atoms with Gasteiger partial charge in [-0.3, -0.25) is 9.59 Å². The third-order valence-electron chi connectivity index (χ3n) is 8.61. The van der Waals surface area contributed by atoms with Gasteiger partial charge in [0.25, 0.3) is 0 Å². The molecule has 3 heterocycles. The highest BCUT2D eigenvalue weighted by molar-refractivity contribution is 5.73. The normalized spacial score (nSPS) is 41.9. The van der Waals surface area contributed by atoms with Crippen LogP contribution in [-0.4, -0.2) is 216 Å². The summed E-state index contributed by atoms with van der Waals surface area (Å²) in [5, 5.41) is 129. The van der Waals surface area contributed by atoms with Crippen LogP contribution < -0.4 is 10.6 Å². The zero-order valence-corrected chi connectivity index (χ0v) is 27.4. The van der Waals surface area contributed by atoms with Gasteiger partial charge in [-0.1, -0.05) is 0 Å². The number of nitrogens with one attached hydrogen (secondary N) is 2. The van der Waals surface area contributed by atoms with E-state index in [1.54, 1.807) is 0 Å². The molecule has 14 N–H and O–H groups in total. The van der Waals surface area contributed by atoms with Crippen molar-refractivity contribution in [3.63, 3.8) is 0 Å². The van der Waals surface area contributed by atoms with Crippen LogP contribution in [0, 0.1) is 0 Å². The van der Waals surface area contributed by atoms with Crippen molar-refractivity contribution in [1.82, 2.24) is 10.6 Å². The van der Waals surface area contributed by atoms with Crippen LogP contribution in [0.4, 0.5) is 0 Å². The van der Waals surface area contributed by atoms with Crippen molar-refractivity contribution in [1.29, 1.82) is 0 Å². The topological polar surface area (TPSA) is 356 Å². The Balaban J connectivity index is 1.88. The van der Waals surface area contributed by atoms with Crippen LogP contribution in [0.15, 0.2) is 0 Å². The van der Waals surface area contributed by atoms with E-state index in [1.807, 2.05) is 0 Å². The molecule has 2 amide bonds. The summed E-state index contributed by atoms with van der Waals surface area (Å²) in [6, 6.07) is -2.96. The highest BCUT2D eigenvalue weighted by Crippen LogP contribution is 2.31. The molecule has 50 heavy (non-hydrogen) atoms. The first-order valence-corrected chi connectivity index (χ1v) is 15.8. The summed E-state index contributed by atoms with van der Waals surface area (Å²) >= 11 is 0. The molecule has 292 valence electrons. The molecule has 3 saturated heterocycles. The number of carbonyl (C=O) groups is 2. The molecule has 3 fully saturated rings. The first kappa shape index (κ1) is 42.6. The lowest BCUT2D eigenvalue weighted by molar-refractivity contribution is -0.373. The van der Waals surface area contributed by atoms with Gasteiger partial charge >= 0.3 is 0 Å². The summed E-state index contributed by atoms with van der Waals surface area (Å²) < 4.78 is 33.4. The second-order valence-corrected chi connectivity index (χ2v) is 12.4. The van der Waals surface area contributed by atoms with Crippen molar-refractivity contribution in [2.24, 2.45) is 0 Å². The fraction of sp³-hybridized carbons (Fsp3) is 0.929. The molecule has 0 radical (unpaired) electrons. The molecule has 22 heteroatoms. The van der Waals surface area contributed by atoms with Crippen molar-refractivity contribution in [3.05, 3.63) is 0 Å². The number of aliphatic hydroxyl groups is 12. The lowest BCUT2D eigenvalue weighted by Crippen LogP contribution is -2.66. The Morgan fingerprint density at radius 1 is 0.720 bits per heavy atom. The van der Waals surface area contributed by atoms with Gasteiger partial charge in [0, 0.05) is 13.8 Å². The molecular formula is C28H50N2O20. The van der Waals surface area contributed by atoms with Gasteiger partial charge in [-0.25, -0.2) is 0 Å². The first-order chi connectivity index (χ1) is 23.5. The van der Waals surface area contributed by atoms with Crippen LogP contribution in [-0.2, 0) is 38.0 Å². The minimum absolute atomic E-state index is 0.667. The predicted molar refractivity (Wildman–Crippen MR) is 158 cm³/mol. The SMILES string of the molecule is CC(=O)N[C@H]1[C@H](OC[C@@H](O)[C@H](O)[C@H](O[C@@H]2O[C@H](CO)[C@H](O)[C@H](O)[C@H]2O[C@H]2O[C@H](C)[C@H](O)[C@H](O)[C@H]2O)[C@H](CO)NC(C)=O)O[C@H](CO)[C@@H](O)[C@@H]1O. The monoisotopic (exact) mass is 734 g/mol. The molecule has 0 bridgehead atoms. The van der Waals surface area contributed by atoms with E-state index in [4.69, 9.17) is 28.4 Å². The third kappa shape index (κ3) is 10.00. The van der Waals surface area contributed by atoms with Crippen LogP contribution in [0.2, 0.25) is 0 Å². The quantitative estimate of drug-likeness (QED) is 0.0742. The highest BCUT2D eigenvalue weighted by Gasteiger charge is 2.52. The molecule has 0 aromatic carbocycles. The van der Waals surface area contributed by atoms with Crippen LogP contribution >= 0.6 is 0 Å². The van der Waals surface area contributed by atoms with E-state index >= 15 is 0 Å². The molecule has 19 atom stereocenters. The second kappa shape index (κ2) is 18.8.